The number of furan rings is 1. The molecule has 1 amide bonds. The van der Waals surface area contributed by atoms with Crippen molar-refractivity contribution in [3.05, 3.63) is 65.8 Å². The fourth-order valence-corrected chi connectivity index (χ4v) is 3.41. The van der Waals surface area contributed by atoms with Crippen molar-refractivity contribution in [1.82, 2.24) is 10.1 Å². The topological polar surface area (TPSA) is 59.5 Å². The molecule has 3 aromatic rings. The van der Waals surface area contributed by atoms with Crippen LogP contribution in [0.3, 0.4) is 0 Å². The van der Waals surface area contributed by atoms with Crippen LogP contribution < -0.4 is 0 Å². The standard InChI is InChI=1S/C20H19FN2O3/c21-16-8-6-14(7-9-16)15-4-1-2-10-23(13-15)20(24)17-12-19(26-22-17)18-5-3-11-25-18/h3,5-9,11-12,15H,1-2,4,10,13H2/t15-/m1/s1. The summed E-state index contributed by atoms with van der Waals surface area (Å²) in [5, 5.41) is 3.91. The Morgan fingerprint density at radius 1 is 1.15 bits per heavy atom. The van der Waals surface area contributed by atoms with Gasteiger partial charge in [-0.1, -0.05) is 23.7 Å². The molecule has 0 unspecified atom stereocenters. The van der Waals surface area contributed by atoms with E-state index in [1.807, 2.05) is 4.90 Å². The third kappa shape index (κ3) is 3.40. The maximum Gasteiger partial charge on any atom is 0.276 e. The van der Waals surface area contributed by atoms with Crippen LogP contribution >= 0.6 is 0 Å². The summed E-state index contributed by atoms with van der Waals surface area (Å²) in [7, 11) is 0. The van der Waals surface area contributed by atoms with Gasteiger partial charge in [-0.25, -0.2) is 4.39 Å². The first-order chi connectivity index (χ1) is 12.7. The molecule has 26 heavy (non-hydrogen) atoms. The summed E-state index contributed by atoms with van der Waals surface area (Å²) in [6.07, 6.45) is 4.49. The number of nitrogens with zero attached hydrogens (tertiary/aromatic N) is 2. The predicted octanol–water partition coefficient (Wildman–Crippen LogP) is 4.48. The van der Waals surface area contributed by atoms with E-state index in [-0.39, 0.29) is 23.3 Å². The average molecular weight is 354 g/mol. The third-order valence-electron chi connectivity index (χ3n) is 4.79. The van der Waals surface area contributed by atoms with Crippen molar-refractivity contribution in [3.8, 4) is 11.5 Å². The number of likely N-dealkylation sites (tertiary alicyclic amines) is 1. The first-order valence-electron chi connectivity index (χ1n) is 8.76. The molecule has 1 fully saturated rings. The number of carbonyl (C=O) groups is 1. The maximum absolute atomic E-state index is 13.2. The van der Waals surface area contributed by atoms with E-state index < -0.39 is 0 Å². The first kappa shape index (κ1) is 16.6. The molecule has 1 atom stereocenters. The molecule has 5 nitrogen and oxygen atoms in total. The molecule has 1 saturated heterocycles. The van der Waals surface area contributed by atoms with Crippen LogP contribution in [0.1, 0.15) is 41.2 Å². The van der Waals surface area contributed by atoms with Crippen molar-refractivity contribution in [2.75, 3.05) is 13.1 Å². The minimum atomic E-state index is -0.247. The molecule has 2 aromatic heterocycles. The van der Waals surface area contributed by atoms with E-state index in [1.165, 1.54) is 12.1 Å². The number of benzene rings is 1. The van der Waals surface area contributed by atoms with Crippen LogP contribution in [0.5, 0.6) is 0 Å². The van der Waals surface area contributed by atoms with Gasteiger partial charge in [0.2, 0.25) is 5.76 Å². The van der Waals surface area contributed by atoms with Crippen LogP contribution in [-0.4, -0.2) is 29.1 Å². The number of aromatic nitrogens is 1. The maximum atomic E-state index is 13.2. The van der Waals surface area contributed by atoms with Crippen molar-refractivity contribution < 1.29 is 18.1 Å². The highest BCUT2D eigenvalue weighted by molar-refractivity contribution is 5.93. The Bertz CT molecular complexity index is 871. The molecule has 134 valence electrons. The highest BCUT2D eigenvalue weighted by Crippen LogP contribution is 2.28. The van der Waals surface area contributed by atoms with Crippen molar-refractivity contribution in [3.63, 3.8) is 0 Å². The van der Waals surface area contributed by atoms with Crippen molar-refractivity contribution in [1.29, 1.82) is 0 Å². The molecule has 0 N–H and O–H groups in total. The van der Waals surface area contributed by atoms with Crippen LogP contribution in [-0.2, 0) is 0 Å². The molecule has 0 radical (unpaired) electrons. The van der Waals surface area contributed by atoms with Crippen LogP contribution in [0.2, 0.25) is 0 Å². The van der Waals surface area contributed by atoms with E-state index in [1.54, 1.807) is 36.6 Å². The van der Waals surface area contributed by atoms with E-state index in [0.717, 1.165) is 24.8 Å². The van der Waals surface area contributed by atoms with E-state index >= 15 is 0 Å². The number of halogens is 1. The van der Waals surface area contributed by atoms with Crippen LogP contribution in [0.4, 0.5) is 4.39 Å². The van der Waals surface area contributed by atoms with Gasteiger partial charge in [0.15, 0.2) is 11.5 Å². The molecule has 0 spiro atoms. The fraction of sp³-hybridized carbons (Fsp3) is 0.300. The zero-order valence-electron chi connectivity index (χ0n) is 14.2. The van der Waals surface area contributed by atoms with Gasteiger partial charge in [0.05, 0.1) is 6.26 Å². The molecular weight excluding hydrogens is 335 g/mol. The number of carbonyl (C=O) groups excluding carboxylic acids is 1. The van der Waals surface area contributed by atoms with Gasteiger partial charge in [-0.05, 0) is 42.7 Å². The minimum absolute atomic E-state index is 0.152. The van der Waals surface area contributed by atoms with Crippen LogP contribution in [0, 0.1) is 5.82 Å². The molecule has 0 saturated carbocycles. The zero-order valence-corrected chi connectivity index (χ0v) is 14.2. The van der Waals surface area contributed by atoms with Gasteiger partial charge in [0, 0.05) is 25.1 Å². The van der Waals surface area contributed by atoms with Gasteiger partial charge in [0.1, 0.15) is 5.82 Å². The lowest BCUT2D eigenvalue weighted by Crippen LogP contribution is -2.34. The Labute approximate surface area is 150 Å². The fourth-order valence-electron chi connectivity index (χ4n) is 3.41. The summed E-state index contributed by atoms with van der Waals surface area (Å²) in [6, 6.07) is 11.7. The number of rotatable bonds is 3. The Kier molecular flexibility index (Phi) is 4.56. The summed E-state index contributed by atoms with van der Waals surface area (Å²) in [5.74, 6) is 0.766. The minimum Gasteiger partial charge on any atom is -0.461 e. The highest BCUT2D eigenvalue weighted by Gasteiger charge is 2.26. The molecule has 4 rings (SSSR count). The van der Waals surface area contributed by atoms with Gasteiger partial charge in [-0.2, -0.15) is 0 Å². The normalized spacial score (nSPS) is 17.9. The lowest BCUT2D eigenvalue weighted by Gasteiger charge is -2.24. The van der Waals surface area contributed by atoms with E-state index in [2.05, 4.69) is 5.16 Å². The second-order valence-electron chi connectivity index (χ2n) is 6.55. The van der Waals surface area contributed by atoms with E-state index in [4.69, 9.17) is 8.94 Å². The molecule has 0 aliphatic carbocycles. The van der Waals surface area contributed by atoms with E-state index in [0.29, 0.717) is 24.6 Å². The van der Waals surface area contributed by atoms with Gasteiger partial charge in [0.25, 0.3) is 5.91 Å². The van der Waals surface area contributed by atoms with Crippen molar-refractivity contribution in [2.24, 2.45) is 0 Å². The number of hydrogen-bond acceptors (Lipinski definition) is 4. The highest BCUT2D eigenvalue weighted by atomic mass is 19.1. The van der Waals surface area contributed by atoms with Crippen LogP contribution in [0.25, 0.3) is 11.5 Å². The summed E-state index contributed by atoms with van der Waals surface area (Å²) in [6.45, 7) is 1.27. The second kappa shape index (κ2) is 7.15. The first-order valence-corrected chi connectivity index (χ1v) is 8.76. The average Bonchev–Trinajstić information content (AvgIpc) is 3.29. The Balaban J connectivity index is 1.52. The lowest BCUT2D eigenvalue weighted by molar-refractivity contribution is 0.0744. The number of hydrogen-bond donors (Lipinski definition) is 0. The van der Waals surface area contributed by atoms with Gasteiger partial charge in [-0.15, -0.1) is 0 Å². The molecule has 6 heteroatoms. The Morgan fingerprint density at radius 2 is 2.00 bits per heavy atom. The molecular formula is C20H19FN2O3. The molecule has 3 heterocycles. The molecule has 1 aliphatic rings. The summed E-state index contributed by atoms with van der Waals surface area (Å²) < 4.78 is 23.7. The molecule has 1 aromatic carbocycles. The zero-order chi connectivity index (χ0) is 17.9. The van der Waals surface area contributed by atoms with Crippen molar-refractivity contribution >= 4 is 5.91 Å². The predicted molar refractivity (Wildman–Crippen MR) is 93.1 cm³/mol. The van der Waals surface area contributed by atoms with Gasteiger partial charge < -0.3 is 13.8 Å². The second-order valence-corrected chi connectivity index (χ2v) is 6.55. The Hall–Kier alpha value is -2.89. The molecule has 1 aliphatic heterocycles. The SMILES string of the molecule is O=C(c1cc(-c2ccco2)on1)N1CCCC[C@@H](c2ccc(F)cc2)C1. The lowest BCUT2D eigenvalue weighted by atomic mass is 9.94. The van der Waals surface area contributed by atoms with Crippen molar-refractivity contribution in [2.45, 2.75) is 25.2 Å². The quantitative estimate of drug-likeness (QED) is 0.696. The van der Waals surface area contributed by atoms with E-state index in [9.17, 15) is 9.18 Å². The summed E-state index contributed by atoms with van der Waals surface area (Å²) >= 11 is 0. The smallest absolute Gasteiger partial charge is 0.276 e. The summed E-state index contributed by atoms with van der Waals surface area (Å²) in [5.41, 5.74) is 1.33. The Morgan fingerprint density at radius 3 is 2.77 bits per heavy atom. The number of amides is 1. The van der Waals surface area contributed by atoms with Gasteiger partial charge in [-0.3, -0.25) is 4.79 Å². The van der Waals surface area contributed by atoms with Gasteiger partial charge >= 0.3 is 0 Å². The van der Waals surface area contributed by atoms with Crippen LogP contribution in [0.15, 0.2) is 57.7 Å². The third-order valence-corrected chi connectivity index (χ3v) is 4.79. The molecule has 0 bridgehead atoms. The largest absolute Gasteiger partial charge is 0.461 e. The monoisotopic (exact) mass is 354 g/mol. The summed E-state index contributed by atoms with van der Waals surface area (Å²) in [4.78, 5) is 14.7.